The minimum Gasteiger partial charge on any atom is -0.379 e. The van der Waals surface area contributed by atoms with Crippen molar-refractivity contribution in [3.8, 4) is 0 Å². The molecule has 100 valence electrons. The van der Waals surface area contributed by atoms with Gasteiger partial charge in [0.1, 0.15) is 0 Å². The molecule has 4 heteroatoms. The molecule has 1 fully saturated rings. The van der Waals surface area contributed by atoms with Gasteiger partial charge in [-0.1, -0.05) is 22.0 Å². The van der Waals surface area contributed by atoms with Crippen LogP contribution in [0.25, 0.3) is 0 Å². The first kappa shape index (κ1) is 13.8. The summed E-state index contributed by atoms with van der Waals surface area (Å²) in [6.45, 7) is 3.88. The van der Waals surface area contributed by atoms with Crippen molar-refractivity contribution in [2.45, 2.75) is 25.4 Å². The van der Waals surface area contributed by atoms with E-state index in [0.29, 0.717) is 12.1 Å². The molecule has 1 aromatic carbocycles. The third kappa shape index (κ3) is 2.87. The molecule has 0 radical (unpaired) electrons. The lowest BCUT2D eigenvalue weighted by atomic mass is 10.1. The summed E-state index contributed by atoms with van der Waals surface area (Å²) in [4.78, 5) is 2.31. The topological polar surface area (TPSA) is 24.5 Å². The molecule has 0 spiro atoms. The molecule has 1 aliphatic rings. The van der Waals surface area contributed by atoms with Crippen molar-refractivity contribution in [2.75, 3.05) is 32.2 Å². The van der Waals surface area contributed by atoms with E-state index in [0.717, 1.165) is 24.1 Å². The predicted molar refractivity (Wildman–Crippen MR) is 79.2 cm³/mol. The summed E-state index contributed by atoms with van der Waals surface area (Å²) in [7, 11) is 4.12. The first-order valence-corrected chi connectivity index (χ1v) is 7.20. The lowest BCUT2D eigenvalue weighted by Crippen LogP contribution is -2.31. The Bertz CT molecular complexity index is 405. The molecule has 1 aliphatic heterocycles. The fraction of sp³-hybridized carbons (Fsp3) is 0.571. The lowest BCUT2D eigenvalue weighted by molar-refractivity contribution is 0.193. The van der Waals surface area contributed by atoms with Gasteiger partial charge in [0, 0.05) is 29.9 Å². The lowest BCUT2D eigenvalue weighted by Gasteiger charge is -2.26. The number of ether oxygens (including phenoxy) is 1. The van der Waals surface area contributed by atoms with Crippen LogP contribution in [0.15, 0.2) is 22.7 Å². The highest BCUT2D eigenvalue weighted by atomic mass is 79.9. The Morgan fingerprint density at radius 2 is 2.28 bits per heavy atom. The average molecular weight is 313 g/mol. The second kappa shape index (κ2) is 6.04. The number of likely N-dealkylation sites (N-methyl/N-ethyl adjacent to an activating group) is 1. The molecule has 2 unspecified atom stereocenters. The van der Waals surface area contributed by atoms with Crippen molar-refractivity contribution in [3.05, 3.63) is 28.2 Å². The Kier molecular flexibility index (Phi) is 4.65. The van der Waals surface area contributed by atoms with E-state index in [4.69, 9.17) is 4.74 Å². The van der Waals surface area contributed by atoms with Crippen LogP contribution in [-0.4, -0.2) is 33.4 Å². The maximum absolute atomic E-state index is 5.45. The van der Waals surface area contributed by atoms with Gasteiger partial charge in [-0.2, -0.15) is 0 Å². The summed E-state index contributed by atoms with van der Waals surface area (Å²) in [5.74, 6) is 0. The van der Waals surface area contributed by atoms with Crippen LogP contribution in [0.5, 0.6) is 0 Å². The van der Waals surface area contributed by atoms with Gasteiger partial charge in [0.25, 0.3) is 0 Å². The number of halogens is 1. The molecule has 0 bridgehead atoms. The molecular weight excluding hydrogens is 292 g/mol. The van der Waals surface area contributed by atoms with Crippen molar-refractivity contribution in [3.63, 3.8) is 0 Å². The normalized spacial score (nSPS) is 21.0. The molecule has 0 amide bonds. The van der Waals surface area contributed by atoms with Crippen LogP contribution < -0.4 is 10.2 Å². The predicted octanol–water partition coefficient (Wildman–Crippen LogP) is 2.95. The van der Waals surface area contributed by atoms with E-state index in [2.05, 4.69) is 58.3 Å². The van der Waals surface area contributed by atoms with E-state index < -0.39 is 0 Å². The molecule has 1 saturated heterocycles. The molecule has 2 atom stereocenters. The Hall–Kier alpha value is -0.580. The van der Waals surface area contributed by atoms with Crippen LogP contribution in [0.2, 0.25) is 0 Å². The van der Waals surface area contributed by atoms with Crippen molar-refractivity contribution in [2.24, 2.45) is 0 Å². The van der Waals surface area contributed by atoms with Crippen LogP contribution in [0, 0.1) is 0 Å². The summed E-state index contributed by atoms with van der Waals surface area (Å²) < 4.78 is 6.61. The summed E-state index contributed by atoms with van der Waals surface area (Å²) in [6.07, 6.45) is 1.11. The van der Waals surface area contributed by atoms with E-state index in [1.807, 2.05) is 7.05 Å². The van der Waals surface area contributed by atoms with Crippen molar-refractivity contribution >= 4 is 21.6 Å². The highest BCUT2D eigenvalue weighted by molar-refractivity contribution is 9.10. The van der Waals surface area contributed by atoms with Crippen LogP contribution in [0.1, 0.15) is 24.9 Å². The van der Waals surface area contributed by atoms with Gasteiger partial charge in [0.15, 0.2) is 0 Å². The number of nitrogens with zero attached hydrogens (tertiary/aromatic N) is 1. The summed E-state index contributed by atoms with van der Waals surface area (Å²) in [5.41, 5.74) is 2.53. The molecule has 3 nitrogen and oxygen atoms in total. The van der Waals surface area contributed by atoms with Gasteiger partial charge in [-0.25, -0.2) is 0 Å². The smallest absolute Gasteiger partial charge is 0.0670 e. The van der Waals surface area contributed by atoms with Gasteiger partial charge in [0.2, 0.25) is 0 Å². The number of anilines is 1. The third-order valence-electron chi connectivity index (χ3n) is 3.74. The van der Waals surface area contributed by atoms with Crippen molar-refractivity contribution in [1.82, 2.24) is 5.32 Å². The maximum Gasteiger partial charge on any atom is 0.0670 e. The zero-order chi connectivity index (χ0) is 13.1. The first-order valence-electron chi connectivity index (χ1n) is 6.40. The fourth-order valence-electron chi connectivity index (χ4n) is 2.28. The molecule has 1 heterocycles. The largest absolute Gasteiger partial charge is 0.379 e. The molecule has 1 N–H and O–H groups in total. The zero-order valence-electron chi connectivity index (χ0n) is 11.2. The SMILES string of the molecule is CNC(C)c1ccc(N(C)C2CCOC2)cc1Br. The molecule has 0 aromatic heterocycles. The number of rotatable bonds is 4. The third-order valence-corrected chi connectivity index (χ3v) is 4.43. The van der Waals surface area contributed by atoms with Gasteiger partial charge in [-0.15, -0.1) is 0 Å². The molecule has 18 heavy (non-hydrogen) atoms. The Labute approximate surface area is 118 Å². The number of hydrogen-bond acceptors (Lipinski definition) is 3. The quantitative estimate of drug-likeness (QED) is 0.925. The Morgan fingerprint density at radius 1 is 1.50 bits per heavy atom. The maximum atomic E-state index is 5.45. The van der Waals surface area contributed by atoms with E-state index in [9.17, 15) is 0 Å². The van der Waals surface area contributed by atoms with Crippen molar-refractivity contribution in [1.29, 1.82) is 0 Å². The van der Waals surface area contributed by atoms with Gasteiger partial charge in [-0.05, 0) is 38.1 Å². The van der Waals surface area contributed by atoms with Gasteiger partial charge in [0.05, 0.1) is 12.6 Å². The number of benzene rings is 1. The molecule has 1 aromatic rings. The van der Waals surface area contributed by atoms with Crippen molar-refractivity contribution < 1.29 is 4.74 Å². The summed E-state index contributed by atoms with van der Waals surface area (Å²) >= 11 is 3.67. The van der Waals surface area contributed by atoms with E-state index in [1.54, 1.807) is 0 Å². The Balaban J connectivity index is 2.17. The van der Waals surface area contributed by atoms with Gasteiger partial charge < -0.3 is 15.0 Å². The molecule has 0 aliphatic carbocycles. The summed E-state index contributed by atoms with van der Waals surface area (Å²) in [5, 5.41) is 3.26. The van der Waals surface area contributed by atoms with E-state index in [1.165, 1.54) is 11.3 Å². The molecule has 2 rings (SSSR count). The van der Waals surface area contributed by atoms with Crippen LogP contribution in [0.4, 0.5) is 5.69 Å². The standard InChI is InChI=1S/C14H21BrN2O/c1-10(16-2)13-5-4-11(8-14(13)15)17(3)12-6-7-18-9-12/h4-5,8,10,12,16H,6-7,9H2,1-3H3. The highest BCUT2D eigenvalue weighted by Gasteiger charge is 2.21. The number of hydrogen-bond donors (Lipinski definition) is 1. The monoisotopic (exact) mass is 312 g/mol. The van der Waals surface area contributed by atoms with E-state index in [-0.39, 0.29) is 0 Å². The van der Waals surface area contributed by atoms with Gasteiger partial charge >= 0.3 is 0 Å². The number of nitrogens with one attached hydrogen (secondary N) is 1. The van der Waals surface area contributed by atoms with Crippen LogP contribution >= 0.6 is 15.9 Å². The highest BCUT2D eigenvalue weighted by Crippen LogP contribution is 2.29. The average Bonchev–Trinajstić information content (AvgIpc) is 2.90. The minimum atomic E-state index is 0.355. The molecule has 0 saturated carbocycles. The van der Waals surface area contributed by atoms with Crippen LogP contribution in [0.3, 0.4) is 0 Å². The fourth-order valence-corrected chi connectivity index (χ4v) is 2.99. The van der Waals surface area contributed by atoms with Crippen LogP contribution in [-0.2, 0) is 4.74 Å². The second-order valence-corrected chi connectivity index (χ2v) is 5.70. The van der Waals surface area contributed by atoms with E-state index >= 15 is 0 Å². The minimum absolute atomic E-state index is 0.355. The zero-order valence-corrected chi connectivity index (χ0v) is 12.8. The second-order valence-electron chi connectivity index (χ2n) is 4.84. The van der Waals surface area contributed by atoms with Gasteiger partial charge in [-0.3, -0.25) is 0 Å². The summed E-state index contributed by atoms with van der Waals surface area (Å²) in [6, 6.07) is 7.43. The first-order chi connectivity index (χ1) is 8.63. The molecular formula is C14H21BrN2O. The Morgan fingerprint density at radius 3 is 2.83 bits per heavy atom.